The molecule has 4 rings (SSSR count). The Morgan fingerprint density at radius 3 is 2.68 bits per heavy atom. The number of nitrogens with one attached hydrogen (secondary N) is 1. The molecule has 0 radical (unpaired) electrons. The van der Waals surface area contributed by atoms with Crippen molar-refractivity contribution < 1.29 is 28.6 Å². The first kappa shape index (κ1) is 21.4. The number of rotatable bonds is 5. The summed E-state index contributed by atoms with van der Waals surface area (Å²) in [5.41, 5.74) is 1.95. The molecule has 3 aliphatic rings. The first-order chi connectivity index (χ1) is 15.0. The Hall–Kier alpha value is -2.83. The number of cyclic esters (lactones) is 1. The number of carbonyl (C=O) groups excluding carboxylic acids is 3. The van der Waals surface area contributed by atoms with Gasteiger partial charge >= 0.3 is 18.0 Å². The zero-order chi connectivity index (χ0) is 22.0. The fourth-order valence-corrected chi connectivity index (χ4v) is 5.30. The van der Waals surface area contributed by atoms with Crippen molar-refractivity contribution in [3.63, 3.8) is 0 Å². The summed E-state index contributed by atoms with van der Waals surface area (Å²) >= 11 is 0. The highest BCUT2D eigenvalue weighted by molar-refractivity contribution is 5.82. The van der Waals surface area contributed by atoms with E-state index in [2.05, 4.69) is 5.32 Å². The van der Waals surface area contributed by atoms with Crippen LogP contribution in [0.15, 0.2) is 42.0 Å². The van der Waals surface area contributed by atoms with Crippen LogP contribution in [0, 0.1) is 23.7 Å². The number of carbonyl (C=O) groups is 3. The van der Waals surface area contributed by atoms with Crippen LogP contribution in [0.5, 0.6) is 0 Å². The number of alkyl carbamates (subject to hydrolysis) is 1. The van der Waals surface area contributed by atoms with E-state index in [1.165, 1.54) is 0 Å². The summed E-state index contributed by atoms with van der Waals surface area (Å²) in [5, 5.41) is 2.89. The van der Waals surface area contributed by atoms with Gasteiger partial charge in [0.2, 0.25) is 0 Å². The van der Waals surface area contributed by atoms with Crippen molar-refractivity contribution in [2.24, 2.45) is 23.7 Å². The molecule has 0 bridgehead atoms. The minimum atomic E-state index is -0.447. The van der Waals surface area contributed by atoms with Gasteiger partial charge in [0.05, 0.1) is 18.4 Å². The highest BCUT2D eigenvalue weighted by atomic mass is 16.6. The summed E-state index contributed by atoms with van der Waals surface area (Å²) < 4.78 is 16.2. The number of fused-ring (bicyclic) bond motifs is 2. The van der Waals surface area contributed by atoms with Crippen molar-refractivity contribution in [2.75, 3.05) is 6.61 Å². The van der Waals surface area contributed by atoms with Crippen LogP contribution in [0.25, 0.3) is 0 Å². The Kier molecular flexibility index (Phi) is 6.30. The molecule has 0 unspecified atom stereocenters. The van der Waals surface area contributed by atoms with Gasteiger partial charge in [-0.2, -0.15) is 0 Å². The van der Waals surface area contributed by atoms with Gasteiger partial charge in [-0.15, -0.1) is 0 Å². The highest BCUT2D eigenvalue weighted by Gasteiger charge is 2.55. The van der Waals surface area contributed by atoms with Crippen LogP contribution in [0.1, 0.15) is 38.7 Å². The molecule has 0 spiro atoms. The van der Waals surface area contributed by atoms with Crippen LogP contribution in [0.4, 0.5) is 4.79 Å². The second kappa shape index (κ2) is 9.12. The monoisotopic (exact) mass is 427 g/mol. The van der Waals surface area contributed by atoms with Gasteiger partial charge in [-0.05, 0) is 44.6 Å². The van der Waals surface area contributed by atoms with Gasteiger partial charge in [0.25, 0.3) is 0 Å². The van der Waals surface area contributed by atoms with Crippen molar-refractivity contribution >= 4 is 18.0 Å². The minimum Gasteiger partial charge on any atom is -0.462 e. The third-order valence-electron chi connectivity index (χ3n) is 6.65. The lowest BCUT2D eigenvalue weighted by atomic mass is 9.62. The van der Waals surface area contributed by atoms with Crippen molar-refractivity contribution in [1.29, 1.82) is 0 Å². The molecule has 2 fully saturated rings. The van der Waals surface area contributed by atoms with Crippen LogP contribution < -0.4 is 5.32 Å². The molecule has 7 nitrogen and oxygen atoms in total. The van der Waals surface area contributed by atoms with E-state index < -0.39 is 17.9 Å². The molecule has 1 aromatic rings. The number of hydrogen-bond acceptors (Lipinski definition) is 6. The lowest BCUT2D eigenvalue weighted by Crippen LogP contribution is -2.47. The molecule has 1 saturated carbocycles. The summed E-state index contributed by atoms with van der Waals surface area (Å²) in [6.45, 7) is 4.13. The molecule has 2 aliphatic carbocycles. The van der Waals surface area contributed by atoms with Gasteiger partial charge < -0.3 is 19.5 Å². The Morgan fingerprint density at radius 2 is 1.94 bits per heavy atom. The smallest absolute Gasteiger partial charge is 0.407 e. The highest BCUT2D eigenvalue weighted by Crippen LogP contribution is 2.50. The van der Waals surface area contributed by atoms with Crippen LogP contribution in [-0.2, 0) is 30.4 Å². The van der Waals surface area contributed by atoms with Gasteiger partial charge in [-0.1, -0.05) is 42.0 Å². The van der Waals surface area contributed by atoms with Gasteiger partial charge in [0.1, 0.15) is 12.7 Å². The van der Waals surface area contributed by atoms with Crippen LogP contribution >= 0.6 is 0 Å². The van der Waals surface area contributed by atoms with E-state index in [9.17, 15) is 14.4 Å². The standard InChI is InChI=1S/C24H29NO6/c1-3-29-24(28)25-17-9-10-18-16(11-17)12-19-20(14(2)31-22(19)26)21(18)23(27)30-13-15-7-5-4-6-8-15/h4-8,12,14,17-21H,3,9-11,13H2,1-2H3,(H,25,28)/t14-,17+,18-,19-,20-,21+/m1/s1. The summed E-state index contributed by atoms with van der Waals surface area (Å²) in [6.07, 6.45) is 3.27. The van der Waals surface area contributed by atoms with Crippen LogP contribution in [0.2, 0.25) is 0 Å². The SMILES string of the molecule is CCOC(=O)N[C@H]1CC[C@@H]2C(=C[C@H]3C(=O)O[C@H](C)[C@H]3[C@H]2C(=O)OCc2ccccc2)C1. The van der Waals surface area contributed by atoms with Gasteiger partial charge in [0.15, 0.2) is 0 Å². The van der Waals surface area contributed by atoms with Crippen molar-refractivity contribution in [2.45, 2.75) is 51.9 Å². The number of benzene rings is 1. The minimum absolute atomic E-state index is 0.0123. The number of esters is 2. The lowest BCUT2D eigenvalue weighted by molar-refractivity contribution is -0.156. The summed E-state index contributed by atoms with van der Waals surface area (Å²) in [4.78, 5) is 37.6. The number of amides is 1. The predicted molar refractivity (Wildman–Crippen MR) is 112 cm³/mol. The Bertz CT molecular complexity index is 866. The zero-order valence-corrected chi connectivity index (χ0v) is 17.9. The van der Waals surface area contributed by atoms with Crippen LogP contribution in [-0.4, -0.2) is 36.8 Å². The fourth-order valence-electron chi connectivity index (χ4n) is 5.30. The maximum Gasteiger partial charge on any atom is 0.407 e. The van der Waals surface area contributed by atoms with Crippen molar-refractivity contribution in [3.8, 4) is 0 Å². The second-order valence-electron chi connectivity index (χ2n) is 8.56. The third-order valence-corrected chi connectivity index (χ3v) is 6.65. The summed E-state index contributed by atoms with van der Waals surface area (Å²) in [5.74, 6) is -1.68. The quantitative estimate of drug-likeness (QED) is 0.440. The Morgan fingerprint density at radius 1 is 1.16 bits per heavy atom. The molecule has 7 heteroatoms. The number of hydrogen-bond donors (Lipinski definition) is 1. The molecule has 1 saturated heterocycles. The maximum atomic E-state index is 13.3. The van der Waals surface area contributed by atoms with E-state index in [0.29, 0.717) is 13.0 Å². The van der Waals surface area contributed by atoms with E-state index in [4.69, 9.17) is 14.2 Å². The summed E-state index contributed by atoms with van der Waals surface area (Å²) in [7, 11) is 0. The molecule has 31 heavy (non-hydrogen) atoms. The van der Waals surface area contributed by atoms with Crippen molar-refractivity contribution in [3.05, 3.63) is 47.5 Å². The largest absolute Gasteiger partial charge is 0.462 e. The van der Waals surface area contributed by atoms with Gasteiger partial charge in [0, 0.05) is 12.0 Å². The fraction of sp³-hybridized carbons (Fsp3) is 0.542. The molecular weight excluding hydrogens is 398 g/mol. The molecule has 1 aliphatic heterocycles. The topological polar surface area (TPSA) is 90.9 Å². The van der Waals surface area contributed by atoms with Gasteiger partial charge in [-0.3, -0.25) is 9.59 Å². The summed E-state index contributed by atoms with van der Waals surface area (Å²) in [6, 6.07) is 9.49. The van der Waals surface area contributed by atoms with Crippen LogP contribution in [0.3, 0.4) is 0 Å². The molecule has 1 aromatic carbocycles. The van der Waals surface area contributed by atoms with E-state index in [-0.39, 0.29) is 42.5 Å². The van der Waals surface area contributed by atoms with E-state index in [1.54, 1.807) is 6.92 Å². The van der Waals surface area contributed by atoms with E-state index in [1.807, 2.05) is 43.3 Å². The first-order valence-electron chi connectivity index (χ1n) is 11.0. The van der Waals surface area contributed by atoms with E-state index in [0.717, 1.165) is 24.0 Å². The number of ether oxygens (including phenoxy) is 3. The Labute approximate surface area is 182 Å². The molecule has 1 amide bonds. The Balaban J connectivity index is 1.52. The molecule has 166 valence electrons. The average Bonchev–Trinajstić information content (AvgIpc) is 3.04. The normalized spacial score (nSPS) is 31.5. The zero-order valence-electron chi connectivity index (χ0n) is 17.9. The van der Waals surface area contributed by atoms with Gasteiger partial charge in [-0.25, -0.2) is 4.79 Å². The average molecular weight is 427 g/mol. The lowest BCUT2D eigenvalue weighted by Gasteiger charge is -2.42. The predicted octanol–water partition coefficient (Wildman–Crippen LogP) is 3.38. The second-order valence-corrected chi connectivity index (χ2v) is 8.56. The maximum absolute atomic E-state index is 13.3. The molecule has 1 N–H and O–H groups in total. The third kappa shape index (κ3) is 4.45. The first-order valence-corrected chi connectivity index (χ1v) is 11.0. The van der Waals surface area contributed by atoms with Crippen molar-refractivity contribution in [1.82, 2.24) is 5.32 Å². The molecular formula is C24H29NO6. The molecule has 1 heterocycles. The van der Waals surface area contributed by atoms with E-state index >= 15 is 0 Å². The molecule has 6 atom stereocenters. The molecule has 0 aromatic heterocycles.